The Kier molecular flexibility index (Phi) is 8.33. The molecule has 0 aliphatic rings. The predicted molar refractivity (Wildman–Crippen MR) is 70.5 cm³/mol. The topological polar surface area (TPSA) is 21.3 Å². The van der Waals surface area contributed by atoms with Gasteiger partial charge >= 0.3 is 0 Å². The van der Waals surface area contributed by atoms with Crippen molar-refractivity contribution < 1.29 is 4.74 Å². The van der Waals surface area contributed by atoms with Gasteiger partial charge in [-0.3, -0.25) is 0 Å². The highest BCUT2D eigenvalue weighted by Gasteiger charge is 2.28. The molecule has 0 aromatic heterocycles. The molecule has 0 heterocycles. The lowest BCUT2D eigenvalue weighted by atomic mass is 9.94. The molecule has 0 saturated carbocycles. The van der Waals surface area contributed by atoms with Crippen LogP contribution in [-0.2, 0) is 4.74 Å². The van der Waals surface area contributed by atoms with Crippen LogP contribution >= 0.6 is 0 Å². The Bertz CT molecular complexity index is 225. The summed E-state index contributed by atoms with van der Waals surface area (Å²) in [6.45, 7) is 12.2. The number of nitrogens with one attached hydrogen (secondary N) is 1. The number of ether oxygens (including phenoxy) is 1. The summed E-state index contributed by atoms with van der Waals surface area (Å²) >= 11 is 0. The molecule has 0 aliphatic carbocycles. The van der Waals surface area contributed by atoms with Crippen molar-refractivity contribution in [3.63, 3.8) is 0 Å². The van der Waals surface area contributed by atoms with Crippen LogP contribution in [0.2, 0.25) is 0 Å². The fourth-order valence-corrected chi connectivity index (χ4v) is 1.83. The average molecular weight is 225 g/mol. The van der Waals surface area contributed by atoms with E-state index in [9.17, 15) is 0 Å². The van der Waals surface area contributed by atoms with Crippen LogP contribution < -0.4 is 5.32 Å². The van der Waals surface area contributed by atoms with Crippen molar-refractivity contribution in [1.82, 2.24) is 5.32 Å². The molecule has 0 saturated heterocycles. The van der Waals surface area contributed by atoms with Gasteiger partial charge in [0.2, 0.25) is 0 Å². The highest BCUT2D eigenvalue weighted by molar-refractivity contribution is 4.97. The molecule has 0 amide bonds. The Balaban J connectivity index is 4.30. The Hall–Kier alpha value is -0.520. The molecule has 1 N–H and O–H groups in total. The van der Waals surface area contributed by atoms with E-state index in [4.69, 9.17) is 4.74 Å². The van der Waals surface area contributed by atoms with Gasteiger partial charge in [-0.05, 0) is 47.1 Å². The molecule has 94 valence electrons. The molecule has 0 aromatic carbocycles. The Morgan fingerprint density at radius 2 is 2.00 bits per heavy atom. The zero-order chi connectivity index (χ0) is 12.4. The maximum Gasteiger partial charge on any atom is 0.0778 e. The van der Waals surface area contributed by atoms with Gasteiger partial charge in [-0.15, -0.1) is 11.8 Å². The molecule has 2 nitrogen and oxygen atoms in total. The highest BCUT2D eigenvalue weighted by Crippen LogP contribution is 2.18. The molecule has 1 unspecified atom stereocenters. The standard InChI is InChI=1S/C14H27NO/c1-6-9-10-11-13(15-12-7-2)14(4,5)16-8-3/h13,15H,7-8,10-12H2,1-5H3. The second-order valence-corrected chi connectivity index (χ2v) is 4.51. The minimum Gasteiger partial charge on any atom is -0.374 e. The second-order valence-electron chi connectivity index (χ2n) is 4.51. The highest BCUT2D eigenvalue weighted by atomic mass is 16.5. The molecule has 0 spiro atoms. The molecule has 0 aromatic rings. The Labute approximate surface area is 101 Å². The SMILES string of the molecule is CC#CCCC(NCCC)C(C)(C)OCC. The number of hydrogen-bond acceptors (Lipinski definition) is 2. The van der Waals surface area contributed by atoms with Crippen LogP contribution in [0.5, 0.6) is 0 Å². The smallest absolute Gasteiger partial charge is 0.0778 e. The summed E-state index contributed by atoms with van der Waals surface area (Å²) in [4.78, 5) is 0. The van der Waals surface area contributed by atoms with Crippen molar-refractivity contribution in [1.29, 1.82) is 0 Å². The van der Waals surface area contributed by atoms with Crippen LogP contribution in [0.3, 0.4) is 0 Å². The number of hydrogen-bond donors (Lipinski definition) is 1. The van der Waals surface area contributed by atoms with E-state index in [1.165, 1.54) is 0 Å². The molecular weight excluding hydrogens is 198 g/mol. The van der Waals surface area contributed by atoms with E-state index >= 15 is 0 Å². The van der Waals surface area contributed by atoms with Gasteiger partial charge in [0.1, 0.15) is 0 Å². The quantitative estimate of drug-likeness (QED) is 0.641. The van der Waals surface area contributed by atoms with E-state index in [2.05, 4.69) is 37.9 Å². The number of rotatable bonds is 8. The van der Waals surface area contributed by atoms with Gasteiger partial charge in [0.15, 0.2) is 0 Å². The third-order valence-electron chi connectivity index (χ3n) is 2.73. The third kappa shape index (κ3) is 6.15. The fourth-order valence-electron chi connectivity index (χ4n) is 1.83. The first-order chi connectivity index (χ1) is 7.58. The van der Waals surface area contributed by atoms with Gasteiger partial charge in [0, 0.05) is 19.1 Å². The van der Waals surface area contributed by atoms with Crippen LogP contribution in [0.15, 0.2) is 0 Å². The van der Waals surface area contributed by atoms with E-state index in [0.29, 0.717) is 6.04 Å². The molecule has 0 rings (SSSR count). The van der Waals surface area contributed by atoms with Crippen molar-refractivity contribution in [2.24, 2.45) is 0 Å². The Morgan fingerprint density at radius 3 is 2.50 bits per heavy atom. The van der Waals surface area contributed by atoms with Gasteiger partial charge in [-0.25, -0.2) is 0 Å². The molecule has 0 radical (unpaired) electrons. The van der Waals surface area contributed by atoms with Crippen molar-refractivity contribution in [2.45, 2.75) is 65.5 Å². The molecular formula is C14H27NO. The summed E-state index contributed by atoms with van der Waals surface area (Å²) in [6.07, 6.45) is 3.14. The summed E-state index contributed by atoms with van der Waals surface area (Å²) in [5, 5.41) is 3.56. The van der Waals surface area contributed by atoms with E-state index < -0.39 is 0 Å². The largest absolute Gasteiger partial charge is 0.374 e. The van der Waals surface area contributed by atoms with E-state index in [1.807, 2.05) is 13.8 Å². The van der Waals surface area contributed by atoms with Crippen molar-refractivity contribution in [3.8, 4) is 11.8 Å². The third-order valence-corrected chi connectivity index (χ3v) is 2.73. The second kappa shape index (κ2) is 8.61. The van der Waals surface area contributed by atoms with Crippen LogP contribution in [0.4, 0.5) is 0 Å². The van der Waals surface area contributed by atoms with Gasteiger partial charge in [0.05, 0.1) is 5.60 Å². The van der Waals surface area contributed by atoms with E-state index in [0.717, 1.165) is 32.4 Å². The minimum atomic E-state index is -0.112. The zero-order valence-electron chi connectivity index (χ0n) is 11.5. The lowest BCUT2D eigenvalue weighted by molar-refractivity contribution is -0.0396. The molecule has 0 bridgehead atoms. The van der Waals surface area contributed by atoms with Crippen molar-refractivity contribution in [3.05, 3.63) is 0 Å². The lowest BCUT2D eigenvalue weighted by Crippen LogP contribution is -2.48. The average Bonchev–Trinajstić information content (AvgIpc) is 2.22. The van der Waals surface area contributed by atoms with Crippen LogP contribution in [0.25, 0.3) is 0 Å². The Morgan fingerprint density at radius 1 is 1.31 bits per heavy atom. The maximum atomic E-state index is 5.81. The predicted octanol–water partition coefficient (Wildman–Crippen LogP) is 2.97. The lowest BCUT2D eigenvalue weighted by Gasteiger charge is -2.34. The molecule has 1 atom stereocenters. The maximum absolute atomic E-state index is 5.81. The molecule has 2 heteroatoms. The summed E-state index contributed by atoms with van der Waals surface area (Å²) < 4.78 is 5.81. The first kappa shape index (κ1) is 15.5. The monoisotopic (exact) mass is 225 g/mol. The van der Waals surface area contributed by atoms with Crippen LogP contribution in [0, 0.1) is 11.8 Å². The summed E-state index contributed by atoms with van der Waals surface area (Å²) in [5.41, 5.74) is -0.112. The minimum absolute atomic E-state index is 0.112. The first-order valence-corrected chi connectivity index (χ1v) is 6.35. The zero-order valence-corrected chi connectivity index (χ0v) is 11.5. The normalized spacial score (nSPS) is 13.1. The first-order valence-electron chi connectivity index (χ1n) is 6.35. The summed E-state index contributed by atoms with van der Waals surface area (Å²) in [5.74, 6) is 6.07. The van der Waals surface area contributed by atoms with Gasteiger partial charge in [-0.2, -0.15) is 0 Å². The van der Waals surface area contributed by atoms with Crippen LogP contribution in [-0.4, -0.2) is 24.8 Å². The van der Waals surface area contributed by atoms with Gasteiger partial charge < -0.3 is 10.1 Å². The van der Waals surface area contributed by atoms with E-state index in [1.54, 1.807) is 0 Å². The van der Waals surface area contributed by atoms with Crippen molar-refractivity contribution >= 4 is 0 Å². The van der Waals surface area contributed by atoms with Crippen LogP contribution in [0.1, 0.15) is 53.9 Å². The molecule has 0 fully saturated rings. The van der Waals surface area contributed by atoms with E-state index in [-0.39, 0.29) is 5.60 Å². The van der Waals surface area contributed by atoms with Gasteiger partial charge in [0.25, 0.3) is 0 Å². The molecule has 0 aliphatic heterocycles. The summed E-state index contributed by atoms with van der Waals surface area (Å²) in [6, 6.07) is 0.383. The van der Waals surface area contributed by atoms with Gasteiger partial charge in [-0.1, -0.05) is 6.92 Å². The fraction of sp³-hybridized carbons (Fsp3) is 0.857. The molecule has 16 heavy (non-hydrogen) atoms. The summed E-state index contributed by atoms with van der Waals surface area (Å²) in [7, 11) is 0. The van der Waals surface area contributed by atoms with Crippen molar-refractivity contribution in [2.75, 3.05) is 13.2 Å².